The van der Waals surface area contributed by atoms with Gasteiger partial charge >= 0.3 is 0 Å². The number of alkyl halides is 1. The first-order valence-corrected chi connectivity index (χ1v) is 9.24. The highest BCUT2D eigenvalue weighted by atomic mass is 32.1. The van der Waals surface area contributed by atoms with Crippen molar-refractivity contribution in [2.45, 2.75) is 20.0 Å². The van der Waals surface area contributed by atoms with E-state index in [0.717, 1.165) is 38.8 Å². The second kappa shape index (κ2) is 6.30. The summed E-state index contributed by atoms with van der Waals surface area (Å²) in [5, 5.41) is 3.83. The molecule has 0 aliphatic carbocycles. The molecule has 0 saturated heterocycles. The van der Waals surface area contributed by atoms with E-state index in [-0.39, 0.29) is 12.1 Å². The monoisotopic (exact) mass is 367 g/mol. The molecule has 3 aromatic heterocycles. The predicted octanol–water partition coefficient (Wildman–Crippen LogP) is 4.39. The number of nitrogens with one attached hydrogen (secondary N) is 1. The number of thiophene rings is 1. The van der Waals surface area contributed by atoms with Crippen molar-refractivity contribution in [2.75, 3.05) is 6.54 Å². The van der Waals surface area contributed by atoms with Crippen LogP contribution in [0, 0.1) is 13.8 Å². The van der Waals surface area contributed by atoms with Gasteiger partial charge in [-0.05, 0) is 36.4 Å². The zero-order valence-electron chi connectivity index (χ0n) is 14.5. The minimum absolute atomic E-state index is 0.0375. The molecule has 1 atom stereocenters. The van der Waals surface area contributed by atoms with Gasteiger partial charge in [-0.3, -0.25) is 9.78 Å². The van der Waals surface area contributed by atoms with Gasteiger partial charge < -0.3 is 10.7 Å². The predicted molar refractivity (Wildman–Crippen MR) is 106 cm³/mol. The Kier molecular flexibility index (Phi) is 4.09. The van der Waals surface area contributed by atoms with E-state index in [1.807, 2.05) is 37.4 Å². The van der Waals surface area contributed by atoms with Crippen LogP contribution in [0.2, 0.25) is 0 Å². The zero-order chi connectivity index (χ0) is 18.4. The molecule has 0 bridgehead atoms. The van der Waals surface area contributed by atoms with Crippen molar-refractivity contribution in [3.05, 3.63) is 63.0 Å². The Balaban J connectivity index is 2.06. The van der Waals surface area contributed by atoms with Crippen molar-refractivity contribution in [1.82, 2.24) is 9.97 Å². The van der Waals surface area contributed by atoms with Crippen LogP contribution >= 0.6 is 11.3 Å². The van der Waals surface area contributed by atoms with E-state index in [9.17, 15) is 9.18 Å². The van der Waals surface area contributed by atoms with E-state index in [1.54, 1.807) is 12.1 Å². The lowest BCUT2D eigenvalue weighted by Crippen LogP contribution is -2.08. The third-order valence-corrected chi connectivity index (χ3v) is 5.62. The van der Waals surface area contributed by atoms with Crippen LogP contribution in [-0.4, -0.2) is 16.5 Å². The molecular formula is C20H18FN3OS. The molecule has 0 spiro atoms. The number of rotatable bonds is 3. The molecule has 132 valence electrons. The average Bonchev–Trinajstić information content (AvgIpc) is 3.13. The number of hydrogen-bond acceptors (Lipinski definition) is 4. The normalized spacial score (nSPS) is 12.8. The standard InChI is InChI=1S/C20H18FN3OS/c1-10-16(13-5-3-12(4-6-13)15(21)9-22)17-14-7-8-26-19(14)20(25)24-18(17)11(2)23-10/h3-8,15H,9,22H2,1-2H3,(H,24,25)/t15-/m0/s1. The second-order valence-electron chi connectivity index (χ2n) is 6.35. The van der Waals surface area contributed by atoms with E-state index in [1.165, 1.54) is 11.3 Å². The lowest BCUT2D eigenvalue weighted by Gasteiger charge is -2.14. The fraction of sp³-hybridized carbons (Fsp3) is 0.200. The Hall–Kier alpha value is -2.57. The van der Waals surface area contributed by atoms with Crippen LogP contribution in [0.5, 0.6) is 0 Å². The number of aromatic nitrogens is 2. The summed E-state index contributed by atoms with van der Waals surface area (Å²) in [6.07, 6.45) is -1.17. The van der Waals surface area contributed by atoms with Crippen LogP contribution < -0.4 is 11.3 Å². The number of aromatic amines is 1. The average molecular weight is 367 g/mol. The number of pyridine rings is 2. The maximum Gasteiger partial charge on any atom is 0.266 e. The first-order chi connectivity index (χ1) is 12.5. The fourth-order valence-corrected chi connectivity index (χ4v) is 4.27. The number of H-pyrrole nitrogens is 1. The van der Waals surface area contributed by atoms with Gasteiger partial charge in [0, 0.05) is 28.6 Å². The minimum atomic E-state index is -1.17. The molecule has 0 amide bonds. The van der Waals surface area contributed by atoms with Gasteiger partial charge in [-0.15, -0.1) is 11.3 Å². The fourth-order valence-electron chi connectivity index (χ4n) is 3.47. The number of hydrogen-bond donors (Lipinski definition) is 2. The third-order valence-electron chi connectivity index (χ3n) is 4.71. The Morgan fingerprint density at radius 3 is 2.62 bits per heavy atom. The van der Waals surface area contributed by atoms with Crippen LogP contribution in [-0.2, 0) is 0 Å². The van der Waals surface area contributed by atoms with E-state index >= 15 is 0 Å². The summed E-state index contributed by atoms with van der Waals surface area (Å²) in [6, 6.07) is 9.27. The van der Waals surface area contributed by atoms with Crippen LogP contribution in [0.15, 0.2) is 40.5 Å². The van der Waals surface area contributed by atoms with Crippen molar-refractivity contribution in [3.8, 4) is 11.1 Å². The Labute approximate surface area is 153 Å². The third kappa shape index (κ3) is 2.53. The summed E-state index contributed by atoms with van der Waals surface area (Å²) >= 11 is 1.43. The molecule has 4 nitrogen and oxygen atoms in total. The zero-order valence-corrected chi connectivity index (χ0v) is 15.3. The molecule has 4 aromatic rings. The molecule has 0 unspecified atom stereocenters. The summed E-state index contributed by atoms with van der Waals surface area (Å²) < 4.78 is 14.5. The number of fused-ring (bicyclic) bond motifs is 3. The van der Waals surface area contributed by atoms with Crippen LogP contribution in [0.1, 0.15) is 23.1 Å². The van der Waals surface area contributed by atoms with Crippen LogP contribution in [0.25, 0.3) is 32.1 Å². The van der Waals surface area contributed by atoms with Crippen molar-refractivity contribution < 1.29 is 4.39 Å². The van der Waals surface area contributed by atoms with Gasteiger partial charge in [-0.1, -0.05) is 24.3 Å². The van der Waals surface area contributed by atoms with Gasteiger partial charge in [0.1, 0.15) is 10.9 Å². The molecule has 3 heterocycles. The smallest absolute Gasteiger partial charge is 0.266 e. The summed E-state index contributed by atoms with van der Waals surface area (Å²) in [5.41, 5.74) is 10.2. The van der Waals surface area contributed by atoms with Crippen molar-refractivity contribution >= 4 is 32.3 Å². The molecule has 0 fully saturated rings. The highest BCUT2D eigenvalue weighted by Gasteiger charge is 2.17. The quantitative estimate of drug-likeness (QED) is 0.564. The van der Waals surface area contributed by atoms with E-state index < -0.39 is 6.17 Å². The van der Waals surface area contributed by atoms with Crippen molar-refractivity contribution in [2.24, 2.45) is 5.73 Å². The number of benzene rings is 1. The van der Waals surface area contributed by atoms with E-state index in [2.05, 4.69) is 9.97 Å². The molecular weight excluding hydrogens is 349 g/mol. The Morgan fingerprint density at radius 2 is 1.92 bits per heavy atom. The van der Waals surface area contributed by atoms with Gasteiger partial charge in [0.25, 0.3) is 5.56 Å². The molecule has 0 saturated carbocycles. The topological polar surface area (TPSA) is 71.8 Å². The van der Waals surface area contributed by atoms with Gasteiger partial charge in [0.2, 0.25) is 0 Å². The molecule has 0 aliphatic rings. The van der Waals surface area contributed by atoms with Gasteiger partial charge in [0.15, 0.2) is 0 Å². The molecule has 3 N–H and O–H groups in total. The van der Waals surface area contributed by atoms with Crippen molar-refractivity contribution in [3.63, 3.8) is 0 Å². The number of nitrogens with zero attached hydrogens (tertiary/aromatic N) is 1. The van der Waals surface area contributed by atoms with Gasteiger partial charge in [0.05, 0.1) is 11.2 Å². The number of nitrogens with two attached hydrogens (primary N) is 1. The van der Waals surface area contributed by atoms with E-state index in [4.69, 9.17) is 5.73 Å². The Bertz CT molecular complexity index is 1180. The number of aryl methyl sites for hydroxylation is 2. The SMILES string of the molecule is Cc1nc(C)c2[nH]c(=O)c3sccc3c2c1-c1ccc([C@@H](F)CN)cc1. The summed E-state index contributed by atoms with van der Waals surface area (Å²) in [4.78, 5) is 20.0. The molecule has 26 heavy (non-hydrogen) atoms. The maximum atomic E-state index is 13.8. The number of halogens is 1. The van der Waals surface area contributed by atoms with Gasteiger partial charge in [-0.25, -0.2) is 4.39 Å². The summed E-state index contributed by atoms with van der Waals surface area (Å²) in [5.74, 6) is 0. The Morgan fingerprint density at radius 1 is 1.19 bits per heavy atom. The summed E-state index contributed by atoms with van der Waals surface area (Å²) in [6.45, 7) is 3.81. The highest BCUT2D eigenvalue weighted by Crippen LogP contribution is 2.37. The van der Waals surface area contributed by atoms with Gasteiger partial charge in [-0.2, -0.15) is 0 Å². The molecule has 1 aromatic carbocycles. The summed E-state index contributed by atoms with van der Waals surface area (Å²) in [7, 11) is 0. The first-order valence-electron chi connectivity index (χ1n) is 8.36. The minimum Gasteiger partial charge on any atom is -0.327 e. The lowest BCUT2D eigenvalue weighted by molar-refractivity contribution is 0.353. The largest absolute Gasteiger partial charge is 0.327 e. The highest BCUT2D eigenvalue weighted by molar-refractivity contribution is 7.17. The second-order valence-corrected chi connectivity index (χ2v) is 7.27. The lowest BCUT2D eigenvalue weighted by atomic mass is 9.95. The molecule has 4 rings (SSSR count). The van der Waals surface area contributed by atoms with Crippen LogP contribution in [0.3, 0.4) is 0 Å². The van der Waals surface area contributed by atoms with Crippen LogP contribution in [0.4, 0.5) is 4.39 Å². The maximum absolute atomic E-state index is 13.8. The first kappa shape index (κ1) is 16.9. The molecule has 0 aliphatic heterocycles. The van der Waals surface area contributed by atoms with E-state index in [0.29, 0.717) is 10.3 Å². The molecule has 0 radical (unpaired) electrons. The molecule has 6 heteroatoms. The van der Waals surface area contributed by atoms with Crippen molar-refractivity contribution in [1.29, 1.82) is 0 Å².